The third-order valence-electron chi connectivity index (χ3n) is 2.51. The van der Waals surface area contributed by atoms with Gasteiger partial charge in [-0.05, 0) is 24.6 Å². The van der Waals surface area contributed by atoms with Crippen molar-refractivity contribution >= 4 is 11.5 Å². The van der Waals surface area contributed by atoms with Gasteiger partial charge < -0.3 is 10.6 Å². The molecule has 0 heterocycles. The number of benzene rings is 1. The van der Waals surface area contributed by atoms with Crippen LogP contribution in [0.3, 0.4) is 0 Å². The number of rotatable bonds is 5. The Morgan fingerprint density at radius 3 is 2.75 bits per heavy atom. The Hall–Kier alpha value is -1.58. The van der Waals surface area contributed by atoms with Gasteiger partial charge in [0.2, 0.25) is 0 Å². The largest absolute Gasteiger partial charge is 0.384 e. The number of nitrogens with two attached hydrogens (primary N) is 1. The van der Waals surface area contributed by atoms with Crippen LogP contribution >= 0.6 is 0 Å². The maximum Gasteiger partial charge on any atom is 0.125 e. The molecule has 1 rings (SSSR count). The van der Waals surface area contributed by atoms with Crippen LogP contribution in [0.1, 0.15) is 25.3 Å². The van der Waals surface area contributed by atoms with Crippen LogP contribution in [-0.2, 0) is 0 Å². The number of halogens is 1. The monoisotopic (exact) mass is 223 g/mol. The van der Waals surface area contributed by atoms with E-state index in [1.807, 2.05) is 11.9 Å². The van der Waals surface area contributed by atoms with Crippen LogP contribution in [0.5, 0.6) is 0 Å². The molecule has 0 radical (unpaired) electrons. The van der Waals surface area contributed by atoms with Gasteiger partial charge in [-0.3, -0.25) is 5.41 Å². The van der Waals surface area contributed by atoms with Gasteiger partial charge in [0.05, 0.1) is 0 Å². The summed E-state index contributed by atoms with van der Waals surface area (Å²) in [5, 5.41) is 7.43. The van der Waals surface area contributed by atoms with Gasteiger partial charge in [0, 0.05) is 24.8 Å². The number of unbranched alkanes of at least 4 members (excludes halogenated alkanes) is 1. The van der Waals surface area contributed by atoms with E-state index in [0.29, 0.717) is 5.56 Å². The zero-order chi connectivity index (χ0) is 12.1. The first-order valence-corrected chi connectivity index (χ1v) is 5.41. The highest BCUT2D eigenvalue weighted by atomic mass is 19.1. The molecule has 0 spiro atoms. The van der Waals surface area contributed by atoms with Crippen molar-refractivity contribution in [3.05, 3.63) is 29.6 Å². The summed E-state index contributed by atoms with van der Waals surface area (Å²) in [6.45, 7) is 2.99. The average Bonchev–Trinajstić information content (AvgIpc) is 2.25. The lowest BCUT2D eigenvalue weighted by atomic mass is 10.1. The van der Waals surface area contributed by atoms with E-state index < -0.39 is 0 Å². The molecule has 1 aromatic carbocycles. The first kappa shape index (κ1) is 12.5. The lowest BCUT2D eigenvalue weighted by Gasteiger charge is -2.21. The van der Waals surface area contributed by atoms with Crippen LogP contribution in [-0.4, -0.2) is 19.4 Å². The van der Waals surface area contributed by atoms with Crippen LogP contribution in [0.25, 0.3) is 0 Å². The number of nitrogens with one attached hydrogen (secondary N) is 1. The Morgan fingerprint density at radius 2 is 2.19 bits per heavy atom. The molecule has 16 heavy (non-hydrogen) atoms. The molecular formula is C12H18FN3. The fourth-order valence-electron chi connectivity index (χ4n) is 1.57. The minimum Gasteiger partial charge on any atom is -0.384 e. The van der Waals surface area contributed by atoms with Crippen LogP contribution in [0.2, 0.25) is 0 Å². The maximum absolute atomic E-state index is 13.1. The van der Waals surface area contributed by atoms with Crippen molar-refractivity contribution < 1.29 is 4.39 Å². The van der Waals surface area contributed by atoms with Crippen molar-refractivity contribution in [3.63, 3.8) is 0 Å². The van der Waals surface area contributed by atoms with Crippen LogP contribution in [0.15, 0.2) is 18.2 Å². The number of amidine groups is 1. The predicted octanol–water partition coefficient (Wildman–Crippen LogP) is 2.35. The number of anilines is 1. The van der Waals surface area contributed by atoms with Crippen LogP contribution in [0, 0.1) is 11.2 Å². The Morgan fingerprint density at radius 1 is 1.50 bits per heavy atom. The zero-order valence-corrected chi connectivity index (χ0v) is 9.76. The molecule has 0 atom stereocenters. The van der Waals surface area contributed by atoms with Crippen LogP contribution in [0.4, 0.5) is 10.1 Å². The Bertz CT molecular complexity index is 377. The predicted molar refractivity (Wildman–Crippen MR) is 65.6 cm³/mol. The highest BCUT2D eigenvalue weighted by molar-refractivity contribution is 6.00. The van der Waals surface area contributed by atoms with E-state index in [4.69, 9.17) is 11.1 Å². The van der Waals surface area contributed by atoms with E-state index >= 15 is 0 Å². The fourth-order valence-corrected chi connectivity index (χ4v) is 1.57. The third-order valence-corrected chi connectivity index (χ3v) is 2.51. The summed E-state index contributed by atoms with van der Waals surface area (Å²) < 4.78 is 13.1. The summed E-state index contributed by atoms with van der Waals surface area (Å²) in [7, 11) is 1.93. The van der Waals surface area contributed by atoms with E-state index in [2.05, 4.69) is 6.92 Å². The Kier molecular flexibility index (Phi) is 4.28. The molecule has 88 valence electrons. The maximum atomic E-state index is 13.1. The third kappa shape index (κ3) is 2.95. The van der Waals surface area contributed by atoms with Gasteiger partial charge in [0.1, 0.15) is 11.7 Å². The number of nitrogens with zero attached hydrogens (tertiary/aromatic N) is 1. The van der Waals surface area contributed by atoms with E-state index in [-0.39, 0.29) is 11.7 Å². The lowest BCUT2D eigenvalue weighted by molar-refractivity contribution is 0.627. The molecule has 0 unspecified atom stereocenters. The molecule has 0 aliphatic heterocycles. The molecule has 0 amide bonds. The van der Waals surface area contributed by atoms with Gasteiger partial charge in [0.25, 0.3) is 0 Å². The summed E-state index contributed by atoms with van der Waals surface area (Å²) >= 11 is 0. The van der Waals surface area contributed by atoms with Gasteiger partial charge >= 0.3 is 0 Å². The lowest BCUT2D eigenvalue weighted by Crippen LogP contribution is -2.23. The summed E-state index contributed by atoms with van der Waals surface area (Å²) in [5.74, 6) is -0.462. The second-order valence-electron chi connectivity index (χ2n) is 3.85. The molecule has 0 saturated carbocycles. The fraction of sp³-hybridized carbons (Fsp3) is 0.417. The normalized spacial score (nSPS) is 10.2. The van der Waals surface area contributed by atoms with Gasteiger partial charge in [-0.25, -0.2) is 4.39 Å². The molecule has 3 nitrogen and oxygen atoms in total. The SMILES string of the molecule is CCCCN(C)c1ccc(F)cc1C(=N)N. The van der Waals surface area contributed by atoms with Gasteiger partial charge in [-0.2, -0.15) is 0 Å². The standard InChI is InChI=1S/C12H18FN3/c1-3-4-7-16(2)11-6-5-9(13)8-10(11)12(14)15/h5-6,8H,3-4,7H2,1-2H3,(H3,14,15). The summed E-state index contributed by atoms with van der Waals surface area (Å²) in [6, 6.07) is 4.37. The van der Waals surface area contributed by atoms with E-state index in [1.165, 1.54) is 12.1 Å². The summed E-state index contributed by atoms with van der Waals surface area (Å²) in [4.78, 5) is 2.00. The topological polar surface area (TPSA) is 53.1 Å². The first-order valence-electron chi connectivity index (χ1n) is 5.41. The molecule has 0 saturated heterocycles. The van der Waals surface area contributed by atoms with Gasteiger partial charge in [0.15, 0.2) is 0 Å². The van der Waals surface area contributed by atoms with Crippen molar-refractivity contribution in [2.75, 3.05) is 18.5 Å². The van der Waals surface area contributed by atoms with Crippen LogP contribution < -0.4 is 10.6 Å². The molecule has 0 bridgehead atoms. The van der Waals surface area contributed by atoms with Crippen molar-refractivity contribution in [2.24, 2.45) is 5.73 Å². The highest BCUT2D eigenvalue weighted by Crippen LogP contribution is 2.20. The van der Waals surface area contributed by atoms with Crippen molar-refractivity contribution in [1.82, 2.24) is 0 Å². The summed E-state index contributed by atoms with van der Waals surface area (Å²) in [6.07, 6.45) is 2.16. The molecule has 0 aromatic heterocycles. The van der Waals surface area contributed by atoms with Crippen molar-refractivity contribution in [1.29, 1.82) is 5.41 Å². The van der Waals surface area contributed by atoms with E-state index in [1.54, 1.807) is 6.07 Å². The van der Waals surface area contributed by atoms with Crippen molar-refractivity contribution in [3.8, 4) is 0 Å². The molecule has 0 fully saturated rings. The molecular weight excluding hydrogens is 205 g/mol. The molecule has 4 heteroatoms. The average molecular weight is 223 g/mol. The van der Waals surface area contributed by atoms with E-state index in [9.17, 15) is 4.39 Å². The Labute approximate surface area is 95.6 Å². The zero-order valence-electron chi connectivity index (χ0n) is 9.76. The highest BCUT2D eigenvalue weighted by Gasteiger charge is 2.10. The second-order valence-corrected chi connectivity index (χ2v) is 3.85. The smallest absolute Gasteiger partial charge is 0.125 e. The Balaban J connectivity index is 2.98. The molecule has 0 aliphatic carbocycles. The van der Waals surface area contributed by atoms with E-state index in [0.717, 1.165) is 25.1 Å². The molecule has 0 aliphatic rings. The number of hydrogen-bond donors (Lipinski definition) is 2. The van der Waals surface area contributed by atoms with Gasteiger partial charge in [-0.1, -0.05) is 13.3 Å². The number of hydrogen-bond acceptors (Lipinski definition) is 2. The minimum absolute atomic E-state index is 0.0992. The second kappa shape index (κ2) is 5.49. The first-order chi connectivity index (χ1) is 7.56. The van der Waals surface area contributed by atoms with Crippen molar-refractivity contribution in [2.45, 2.75) is 19.8 Å². The molecule has 1 aromatic rings. The van der Waals surface area contributed by atoms with Gasteiger partial charge in [-0.15, -0.1) is 0 Å². The summed E-state index contributed by atoms with van der Waals surface area (Å²) in [5.41, 5.74) is 6.70. The number of nitrogen functional groups attached to an aromatic ring is 1. The minimum atomic E-state index is -0.363. The quantitative estimate of drug-likeness (QED) is 0.594. The molecule has 3 N–H and O–H groups in total.